The predicted molar refractivity (Wildman–Crippen MR) is 306 cm³/mol. The molecule has 0 rings (SSSR count). The Hall–Kier alpha value is -4.45. The van der Waals surface area contributed by atoms with Gasteiger partial charge in [-0.2, -0.15) is 0 Å². The lowest BCUT2D eigenvalue weighted by atomic mass is 10.1. The van der Waals surface area contributed by atoms with Gasteiger partial charge < -0.3 is 14.2 Å². The van der Waals surface area contributed by atoms with Gasteiger partial charge in [-0.05, 0) is 122 Å². The first-order valence-electron chi connectivity index (χ1n) is 28.7. The molecular weight excluding hydrogens is 877 g/mol. The second-order valence-corrected chi connectivity index (χ2v) is 18.5. The van der Waals surface area contributed by atoms with Crippen LogP contribution < -0.4 is 0 Å². The number of rotatable bonds is 50. The Bertz CT molecular complexity index is 1550. The molecule has 0 bridgehead atoms. The summed E-state index contributed by atoms with van der Waals surface area (Å²) in [7, 11) is 0. The fourth-order valence-corrected chi connectivity index (χ4v) is 7.42. The van der Waals surface area contributed by atoms with Crippen LogP contribution in [0.25, 0.3) is 0 Å². The summed E-state index contributed by atoms with van der Waals surface area (Å²) in [5, 5.41) is 0. The van der Waals surface area contributed by atoms with Crippen LogP contribution in [0.5, 0.6) is 0 Å². The van der Waals surface area contributed by atoms with E-state index in [-0.39, 0.29) is 37.5 Å². The van der Waals surface area contributed by atoms with Crippen molar-refractivity contribution in [3.63, 3.8) is 0 Å². The molecule has 1 atom stereocenters. The number of hydrogen-bond donors (Lipinski definition) is 0. The molecule has 0 amide bonds. The minimum absolute atomic E-state index is 0.109. The molecule has 0 aliphatic heterocycles. The topological polar surface area (TPSA) is 78.9 Å². The number of ether oxygens (including phenoxy) is 3. The van der Waals surface area contributed by atoms with Crippen molar-refractivity contribution in [1.82, 2.24) is 0 Å². The molecule has 0 heterocycles. The van der Waals surface area contributed by atoms with Crippen LogP contribution in [0.2, 0.25) is 0 Å². The molecule has 0 N–H and O–H groups in total. The second kappa shape index (κ2) is 58.1. The van der Waals surface area contributed by atoms with Gasteiger partial charge in [0, 0.05) is 19.3 Å². The second-order valence-electron chi connectivity index (χ2n) is 18.5. The van der Waals surface area contributed by atoms with Gasteiger partial charge in [-0.25, -0.2) is 0 Å². The van der Waals surface area contributed by atoms with Crippen LogP contribution in [0, 0.1) is 0 Å². The first-order valence-corrected chi connectivity index (χ1v) is 28.7. The number of unbranched alkanes of at least 4 members (excludes halogenated alkanes) is 19. The van der Waals surface area contributed by atoms with Gasteiger partial charge in [0.1, 0.15) is 13.2 Å². The Kier molecular flexibility index (Phi) is 54.5. The molecule has 0 fully saturated rings. The van der Waals surface area contributed by atoms with Crippen LogP contribution in [0.1, 0.15) is 239 Å². The number of carbonyl (C=O) groups is 3. The highest BCUT2D eigenvalue weighted by molar-refractivity contribution is 5.71. The minimum Gasteiger partial charge on any atom is -0.462 e. The lowest BCUT2D eigenvalue weighted by Gasteiger charge is -2.18. The number of allylic oxidation sites excluding steroid dienone is 22. The third-order valence-corrected chi connectivity index (χ3v) is 11.7. The van der Waals surface area contributed by atoms with Crippen molar-refractivity contribution in [2.75, 3.05) is 13.2 Å². The highest BCUT2D eigenvalue weighted by atomic mass is 16.6. The standard InChI is InChI=1S/C65H104O6/c1-4-7-10-13-16-19-22-25-28-31-33-35-37-40-43-46-49-52-55-58-64(67)70-61-62(60-69-63(66)57-54-51-48-45-42-39-36-30-27-24-21-18-15-12-9-6-3)71-65(68)59-56-53-50-47-44-41-38-34-32-29-26-23-20-17-14-11-8-5-2/h7,9-10,12,16,18-19,21,23,25-30,32-35,38-39,42,62H,4-6,8,11,13-15,17,20,22,24,31,36-37,40-41,43-61H2,1-3H3/b10-7-,12-9-,19-16-,21-18-,26-23-,28-25-,30-27-,32-29-,35-33-,38-34-,42-39-. The third kappa shape index (κ3) is 56.3. The van der Waals surface area contributed by atoms with Crippen LogP contribution in [0.4, 0.5) is 0 Å². The lowest BCUT2D eigenvalue weighted by molar-refractivity contribution is -0.167. The van der Waals surface area contributed by atoms with E-state index < -0.39 is 6.10 Å². The van der Waals surface area contributed by atoms with Gasteiger partial charge in [-0.15, -0.1) is 0 Å². The summed E-state index contributed by atoms with van der Waals surface area (Å²) in [6.45, 7) is 6.33. The molecule has 0 aliphatic rings. The largest absolute Gasteiger partial charge is 0.462 e. The fourth-order valence-electron chi connectivity index (χ4n) is 7.42. The van der Waals surface area contributed by atoms with Gasteiger partial charge in [0.15, 0.2) is 6.10 Å². The van der Waals surface area contributed by atoms with Crippen LogP contribution in [0.15, 0.2) is 134 Å². The van der Waals surface area contributed by atoms with Crippen molar-refractivity contribution in [2.24, 2.45) is 0 Å². The predicted octanol–water partition coefficient (Wildman–Crippen LogP) is 19.4. The quantitative estimate of drug-likeness (QED) is 0.0199. The maximum atomic E-state index is 12.9. The van der Waals surface area contributed by atoms with Gasteiger partial charge in [0.05, 0.1) is 0 Å². The van der Waals surface area contributed by atoms with E-state index in [4.69, 9.17) is 14.2 Å². The van der Waals surface area contributed by atoms with Crippen molar-refractivity contribution in [3.8, 4) is 0 Å². The van der Waals surface area contributed by atoms with E-state index in [1.165, 1.54) is 44.9 Å². The highest BCUT2D eigenvalue weighted by Gasteiger charge is 2.19. The van der Waals surface area contributed by atoms with Crippen LogP contribution in [-0.2, 0) is 28.6 Å². The van der Waals surface area contributed by atoms with Gasteiger partial charge in [0.2, 0.25) is 0 Å². The van der Waals surface area contributed by atoms with E-state index in [0.29, 0.717) is 12.8 Å². The zero-order valence-corrected chi connectivity index (χ0v) is 45.7. The third-order valence-electron chi connectivity index (χ3n) is 11.7. The molecule has 0 spiro atoms. The summed E-state index contributed by atoms with van der Waals surface area (Å²) in [4.78, 5) is 38.2. The number of esters is 3. The van der Waals surface area contributed by atoms with Gasteiger partial charge >= 0.3 is 17.9 Å². The molecule has 6 nitrogen and oxygen atoms in total. The Morgan fingerprint density at radius 2 is 0.606 bits per heavy atom. The Morgan fingerprint density at radius 1 is 0.310 bits per heavy atom. The lowest BCUT2D eigenvalue weighted by Crippen LogP contribution is -2.30. The summed E-state index contributed by atoms with van der Waals surface area (Å²) in [5.41, 5.74) is 0. The zero-order chi connectivity index (χ0) is 51.4. The minimum atomic E-state index is -0.814. The maximum absolute atomic E-state index is 12.9. The number of carbonyl (C=O) groups excluding carboxylic acids is 3. The molecule has 0 aromatic carbocycles. The summed E-state index contributed by atoms with van der Waals surface area (Å²) in [6.07, 6.45) is 81.5. The van der Waals surface area contributed by atoms with E-state index in [0.717, 1.165) is 154 Å². The Labute approximate surface area is 436 Å². The Balaban J connectivity index is 4.53. The van der Waals surface area contributed by atoms with Crippen LogP contribution >= 0.6 is 0 Å². The SMILES string of the molecule is CC/C=C\C/C=C\C/C=C\C/C=C\CCCCCCCCC(=O)OCC(COC(=O)CCCCC/C=C\C/C=C\C/C=C\C/C=C\CC)OC(=O)CCCCCCC\C=C/C=C\C=C/CCCCCCC. The van der Waals surface area contributed by atoms with Crippen molar-refractivity contribution >= 4 is 17.9 Å². The summed E-state index contributed by atoms with van der Waals surface area (Å²) in [6, 6.07) is 0. The summed E-state index contributed by atoms with van der Waals surface area (Å²) >= 11 is 0. The normalized spacial score (nSPS) is 13.1. The smallest absolute Gasteiger partial charge is 0.306 e. The number of hydrogen-bond acceptors (Lipinski definition) is 6. The van der Waals surface area contributed by atoms with Crippen molar-refractivity contribution in [2.45, 2.75) is 245 Å². The maximum Gasteiger partial charge on any atom is 0.306 e. The van der Waals surface area contributed by atoms with Gasteiger partial charge in [-0.1, -0.05) is 231 Å². The first-order chi connectivity index (χ1) is 35.0. The van der Waals surface area contributed by atoms with Crippen LogP contribution in [-0.4, -0.2) is 37.2 Å². The average molecular weight is 982 g/mol. The molecule has 0 radical (unpaired) electrons. The van der Waals surface area contributed by atoms with E-state index in [1.54, 1.807) is 0 Å². The summed E-state index contributed by atoms with van der Waals surface area (Å²) < 4.78 is 16.8. The van der Waals surface area contributed by atoms with E-state index >= 15 is 0 Å². The average Bonchev–Trinajstić information content (AvgIpc) is 3.37. The molecule has 71 heavy (non-hydrogen) atoms. The van der Waals surface area contributed by atoms with Crippen molar-refractivity contribution in [3.05, 3.63) is 134 Å². The van der Waals surface area contributed by atoms with Crippen LogP contribution in [0.3, 0.4) is 0 Å². The van der Waals surface area contributed by atoms with Crippen molar-refractivity contribution < 1.29 is 28.6 Å². The van der Waals surface area contributed by atoms with E-state index in [9.17, 15) is 14.4 Å². The molecular formula is C65H104O6. The fraction of sp³-hybridized carbons (Fsp3) is 0.615. The molecule has 400 valence electrons. The molecule has 0 aliphatic carbocycles. The molecule has 1 unspecified atom stereocenters. The van der Waals surface area contributed by atoms with Gasteiger partial charge in [0.25, 0.3) is 0 Å². The zero-order valence-electron chi connectivity index (χ0n) is 45.7. The van der Waals surface area contributed by atoms with Crippen molar-refractivity contribution in [1.29, 1.82) is 0 Å². The van der Waals surface area contributed by atoms with Gasteiger partial charge in [-0.3, -0.25) is 14.4 Å². The first kappa shape index (κ1) is 66.6. The molecule has 6 heteroatoms. The molecule has 0 saturated heterocycles. The van der Waals surface area contributed by atoms with E-state index in [1.807, 2.05) is 0 Å². The molecule has 0 aromatic heterocycles. The Morgan fingerprint density at radius 3 is 0.986 bits per heavy atom. The van der Waals surface area contributed by atoms with E-state index in [2.05, 4.69) is 154 Å². The molecule has 0 saturated carbocycles. The summed E-state index contributed by atoms with van der Waals surface area (Å²) in [5.74, 6) is -0.977. The molecule has 0 aromatic rings. The monoisotopic (exact) mass is 981 g/mol. The highest BCUT2D eigenvalue weighted by Crippen LogP contribution is 2.13.